The summed E-state index contributed by atoms with van der Waals surface area (Å²) in [5.74, 6) is -0.450. The van der Waals surface area contributed by atoms with Crippen molar-refractivity contribution < 1.29 is 19.1 Å². The van der Waals surface area contributed by atoms with Gasteiger partial charge >= 0.3 is 0 Å². The Hall–Kier alpha value is -2.60. The zero-order valence-electron chi connectivity index (χ0n) is 15.8. The number of rotatable bonds is 3. The van der Waals surface area contributed by atoms with E-state index in [-0.39, 0.29) is 28.6 Å². The second-order valence-electron chi connectivity index (χ2n) is 7.88. The predicted molar refractivity (Wildman–Crippen MR) is 109 cm³/mol. The van der Waals surface area contributed by atoms with E-state index < -0.39 is 11.2 Å². The van der Waals surface area contributed by atoms with Gasteiger partial charge in [-0.2, -0.15) is 0 Å². The largest absolute Gasteiger partial charge is 0.508 e. The second kappa shape index (κ2) is 7.67. The van der Waals surface area contributed by atoms with Crippen LogP contribution in [0, 0.1) is 11.2 Å². The lowest BCUT2D eigenvalue weighted by atomic mass is 9.71. The first kappa shape index (κ1) is 19.7. The summed E-state index contributed by atoms with van der Waals surface area (Å²) in [5.41, 5.74) is 0.618. The van der Waals surface area contributed by atoms with E-state index in [0.717, 1.165) is 19.3 Å². The van der Waals surface area contributed by atoms with E-state index in [1.165, 1.54) is 24.3 Å². The molecule has 2 aromatic carbocycles. The van der Waals surface area contributed by atoms with E-state index in [4.69, 9.17) is 11.6 Å². The van der Waals surface area contributed by atoms with Crippen LogP contribution in [0.1, 0.15) is 42.5 Å². The number of halogens is 2. The van der Waals surface area contributed by atoms with Gasteiger partial charge in [-0.1, -0.05) is 11.6 Å². The van der Waals surface area contributed by atoms with E-state index in [2.05, 4.69) is 5.32 Å². The Labute approximate surface area is 173 Å². The monoisotopic (exact) mass is 416 g/mol. The molecule has 1 aliphatic heterocycles. The minimum Gasteiger partial charge on any atom is -0.508 e. The predicted octanol–water partition coefficient (Wildman–Crippen LogP) is 4.28. The Morgan fingerprint density at radius 3 is 2.48 bits per heavy atom. The van der Waals surface area contributed by atoms with Gasteiger partial charge in [-0.25, -0.2) is 4.39 Å². The minimum atomic E-state index is -0.433. The van der Waals surface area contributed by atoms with Crippen molar-refractivity contribution in [2.75, 3.05) is 11.4 Å². The van der Waals surface area contributed by atoms with Crippen LogP contribution in [-0.2, 0) is 4.79 Å². The smallest absolute Gasteiger partial charge is 0.251 e. The maximum Gasteiger partial charge on any atom is 0.251 e. The summed E-state index contributed by atoms with van der Waals surface area (Å²) >= 11 is 6.15. The van der Waals surface area contributed by atoms with E-state index >= 15 is 0 Å². The summed E-state index contributed by atoms with van der Waals surface area (Å²) in [7, 11) is 0. The molecule has 1 saturated heterocycles. The van der Waals surface area contributed by atoms with Crippen molar-refractivity contribution in [3.63, 3.8) is 0 Å². The zero-order valence-corrected chi connectivity index (χ0v) is 16.6. The standard InChI is InChI=1S/C22H22ClFN2O3/c23-18-13-15(24)3-6-19(18)26-12-11-22(21(26)29)9-7-16(8-10-22)25-20(28)14-1-4-17(27)5-2-14/h1-6,13,16,27H,7-12H2,(H,25,28). The summed E-state index contributed by atoms with van der Waals surface area (Å²) in [5, 5.41) is 12.6. The van der Waals surface area contributed by atoms with Crippen molar-refractivity contribution in [2.24, 2.45) is 5.41 Å². The molecule has 0 unspecified atom stereocenters. The van der Waals surface area contributed by atoms with Gasteiger partial charge in [-0.15, -0.1) is 0 Å². The number of nitrogens with zero attached hydrogens (tertiary/aromatic N) is 1. The van der Waals surface area contributed by atoms with Crippen LogP contribution >= 0.6 is 11.6 Å². The topological polar surface area (TPSA) is 69.6 Å². The number of aromatic hydroxyl groups is 1. The first-order chi connectivity index (χ1) is 13.9. The van der Waals surface area contributed by atoms with Crippen molar-refractivity contribution in [3.05, 3.63) is 58.9 Å². The summed E-state index contributed by atoms with van der Waals surface area (Å²) in [6.07, 6.45) is 3.57. The van der Waals surface area contributed by atoms with Gasteiger partial charge in [-0.05, 0) is 74.6 Å². The fraction of sp³-hybridized carbons (Fsp3) is 0.364. The molecular weight excluding hydrogens is 395 g/mol. The lowest BCUT2D eigenvalue weighted by Gasteiger charge is -2.36. The first-order valence-corrected chi connectivity index (χ1v) is 10.1. The molecule has 0 aromatic heterocycles. The van der Waals surface area contributed by atoms with Crippen LogP contribution in [0.5, 0.6) is 5.75 Å². The molecule has 1 spiro atoms. The normalized spacial score (nSPS) is 24.1. The van der Waals surface area contributed by atoms with E-state index in [1.54, 1.807) is 23.1 Å². The van der Waals surface area contributed by atoms with E-state index in [1.807, 2.05) is 0 Å². The third-order valence-electron chi connectivity index (χ3n) is 6.12. The lowest BCUT2D eigenvalue weighted by molar-refractivity contribution is -0.127. The van der Waals surface area contributed by atoms with E-state index in [9.17, 15) is 19.1 Å². The van der Waals surface area contributed by atoms with Crippen LogP contribution < -0.4 is 10.2 Å². The van der Waals surface area contributed by atoms with Crippen molar-refractivity contribution >= 4 is 29.1 Å². The highest BCUT2D eigenvalue weighted by molar-refractivity contribution is 6.34. The fourth-order valence-corrected chi connectivity index (χ4v) is 4.68. The number of amides is 2. The van der Waals surface area contributed by atoms with Crippen LogP contribution in [0.15, 0.2) is 42.5 Å². The quantitative estimate of drug-likeness (QED) is 0.784. The highest BCUT2D eigenvalue weighted by Crippen LogP contribution is 2.47. The summed E-state index contributed by atoms with van der Waals surface area (Å²) < 4.78 is 13.3. The molecule has 0 atom stereocenters. The molecule has 152 valence electrons. The third kappa shape index (κ3) is 3.81. The average molecular weight is 417 g/mol. The molecule has 2 aromatic rings. The molecule has 2 aliphatic rings. The SMILES string of the molecule is O=C(NC1CCC2(CC1)CCN(c1ccc(F)cc1Cl)C2=O)c1ccc(O)cc1. The fourth-order valence-electron chi connectivity index (χ4n) is 4.41. The molecule has 4 rings (SSSR count). The maximum absolute atomic E-state index is 13.3. The molecule has 1 saturated carbocycles. The highest BCUT2D eigenvalue weighted by atomic mass is 35.5. The van der Waals surface area contributed by atoms with Crippen LogP contribution in [0.4, 0.5) is 10.1 Å². The molecular formula is C22H22ClFN2O3. The van der Waals surface area contributed by atoms with Crippen LogP contribution in [0.25, 0.3) is 0 Å². The minimum absolute atomic E-state index is 0.0122. The molecule has 29 heavy (non-hydrogen) atoms. The molecule has 5 nitrogen and oxygen atoms in total. The van der Waals surface area contributed by atoms with Crippen LogP contribution in [-0.4, -0.2) is 29.5 Å². The van der Waals surface area contributed by atoms with Gasteiger partial charge in [0.05, 0.1) is 16.1 Å². The number of hydrogen-bond donors (Lipinski definition) is 2. The Kier molecular flexibility index (Phi) is 5.21. The molecule has 1 heterocycles. The molecule has 7 heteroatoms. The number of hydrogen-bond acceptors (Lipinski definition) is 3. The summed E-state index contributed by atoms with van der Waals surface area (Å²) in [6.45, 7) is 0.564. The van der Waals surface area contributed by atoms with Crippen molar-refractivity contribution in [1.82, 2.24) is 5.32 Å². The highest BCUT2D eigenvalue weighted by Gasteiger charge is 2.49. The van der Waals surface area contributed by atoms with Gasteiger partial charge in [0, 0.05) is 18.2 Å². The number of benzene rings is 2. The molecule has 2 fully saturated rings. The molecule has 2 N–H and O–H groups in total. The Balaban J connectivity index is 1.39. The summed E-state index contributed by atoms with van der Waals surface area (Å²) in [4.78, 5) is 27.2. The Morgan fingerprint density at radius 2 is 1.83 bits per heavy atom. The number of phenols is 1. The molecule has 0 bridgehead atoms. The number of carbonyl (C=O) groups excluding carboxylic acids is 2. The maximum atomic E-state index is 13.3. The number of carbonyl (C=O) groups is 2. The Bertz CT molecular complexity index is 940. The van der Waals surface area contributed by atoms with Gasteiger partial charge < -0.3 is 15.3 Å². The van der Waals surface area contributed by atoms with Crippen LogP contribution in [0.2, 0.25) is 5.02 Å². The van der Waals surface area contributed by atoms with Crippen molar-refractivity contribution in [2.45, 2.75) is 38.1 Å². The second-order valence-corrected chi connectivity index (χ2v) is 8.28. The molecule has 0 radical (unpaired) electrons. The van der Waals surface area contributed by atoms with Crippen molar-refractivity contribution in [3.8, 4) is 5.75 Å². The van der Waals surface area contributed by atoms with E-state index in [0.29, 0.717) is 30.6 Å². The average Bonchev–Trinajstić information content (AvgIpc) is 3.00. The van der Waals surface area contributed by atoms with Gasteiger partial charge in [0.2, 0.25) is 5.91 Å². The van der Waals surface area contributed by atoms with Crippen molar-refractivity contribution in [1.29, 1.82) is 0 Å². The van der Waals surface area contributed by atoms with Gasteiger partial charge in [-0.3, -0.25) is 9.59 Å². The van der Waals surface area contributed by atoms with Gasteiger partial charge in [0.25, 0.3) is 5.91 Å². The zero-order chi connectivity index (χ0) is 20.6. The number of phenolic OH excluding ortho intramolecular Hbond substituents is 1. The summed E-state index contributed by atoms with van der Waals surface area (Å²) in [6, 6.07) is 10.2. The lowest BCUT2D eigenvalue weighted by Crippen LogP contribution is -2.43. The van der Waals surface area contributed by atoms with Gasteiger partial charge in [0.15, 0.2) is 0 Å². The first-order valence-electron chi connectivity index (χ1n) is 9.75. The molecule has 2 amide bonds. The number of nitrogens with one attached hydrogen (secondary N) is 1. The third-order valence-corrected chi connectivity index (χ3v) is 6.42. The number of anilines is 1. The Morgan fingerprint density at radius 1 is 1.14 bits per heavy atom. The van der Waals surface area contributed by atoms with Crippen LogP contribution in [0.3, 0.4) is 0 Å². The van der Waals surface area contributed by atoms with Gasteiger partial charge in [0.1, 0.15) is 11.6 Å². The molecule has 1 aliphatic carbocycles.